The van der Waals surface area contributed by atoms with Gasteiger partial charge in [-0.2, -0.15) is 0 Å². The van der Waals surface area contributed by atoms with Gasteiger partial charge in [-0.25, -0.2) is 8.78 Å². The molecule has 1 aromatic carbocycles. The van der Waals surface area contributed by atoms with Crippen molar-refractivity contribution in [1.29, 1.82) is 0 Å². The van der Waals surface area contributed by atoms with Gasteiger partial charge in [0.1, 0.15) is 11.6 Å². The number of alkyl halides is 1. The van der Waals surface area contributed by atoms with Crippen LogP contribution in [0.4, 0.5) is 8.78 Å². The molecule has 0 heterocycles. The van der Waals surface area contributed by atoms with E-state index in [9.17, 15) is 8.78 Å². The SMILES string of the molecule is CC(Cl)CC(C)(C)c1cc(F)ccc1F. The van der Waals surface area contributed by atoms with Gasteiger partial charge >= 0.3 is 0 Å². The fourth-order valence-corrected chi connectivity index (χ4v) is 2.22. The quantitative estimate of drug-likeness (QED) is 0.683. The van der Waals surface area contributed by atoms with Gasteiger partial charge in [0.25, 0.3) is 0 Å². The van der Waals surface area contributed by atoms with Crippen molar-refractivity contribution in [2.24, 2.45) is 0 Å². The van der Waals surface area contributed by atoms with E-state index in [2.05, 4.69) is 0 Å². The molecule has 1 atom stereocenters. The van der Waals surface area contributed by atoms with Gasteiger partial charge in [-0.3, -0.25) is 0 Å². The van der Waals surface area contributed by atoms with Gasteiger partial charge in [0, 0.05) is 5.38 Å². The smallest absolute Gasteiger partial charge is 0.127 e. The van der Waals surface area contributed by atoms with Gasteiger partial charge in [0.15, 0.2) is 0 Å². The average molecular weight is 233 g/mol. The lowest BCUT2D eigenvalue weighted by Crippen LogP contribution is -2.22. The van der Waals surface area contributed by atoms with Crippen molar-refractivity contribution in [2.75, 3.05) is 0 Å². The van der Waals surface area contributed by atoms with Crippen molar-refractivity contribution in [1.82, 2.24) is 0 Å². The molecule has 0 saturated heterocycles. The highest BCUT2D eigenvalue weighted by molar-refractivity contribution is 6.20. The van der Waals surface area contributed by atoms with Gasteiger partial charge in [0.05, 0.1) is 0 Å². The monoisotopic (exact) mass is 232 g/mol. The molecule has 0 radical (unpaired) electrons. The molecule has 0 saturated carbocycles. The van der Waals surface area contributed by atoms with Crippen molar-refractivity contribution in [3.63, 3.8) is 0 Å². The van der Waals surface area contributed by atoms with E-state index in [4.69, 9.17) is 11.6 Å². The largest absolute Gasteiger partial charge is 0.207 e. The number of hydrogen-bond donors (Lipinski definition) is 0. The maximum Gasteiger partial charge on any atom is 0.127 e. The minimum absolute atomic E-state index is 0.0670. The van der Waals surface area contributed by atoms with Crippen LogP contribution in [0.25, 0.3) is 0 Å². The number of halogens is 3. The molecule has 1 unspecified atom stereocenters. The van der Waals surface area contributed by atoms with E-state index in [1.807, 2.05) is 20.8 Å². The van der Waals surface area contributed by atoms with E-state index in [0.717, 1.165) is 12.1 Å². The zero-order valence-corrected chi connectivity index (χ0v) is 9.91. The first-order valence-corrected chi connectivity index (χ1v) is 5.36. The van der Waals surface area contributed by atoms with Crippen molar-refractivity contribution >= 4 is 11.6 Å². The summed E-state index contributed by atoms with van der Waals surface area (Å²) >= 11 is 5.89. The molecule has 1 aromatic rings. The predicted molar refractivity (Wildman–Crippen MR) is 59.3 cm³/mol. The van der Waals surface area contributed by atoms with Crippen LogP contribution in [-0.2, 0) is 5.41 Å². The number of hydrogen-bond acceptors (Lipinski definition) is 0. The fourth-order valence-electron chi connectivity index (χ4n) is 1.83. The van der Waals surface area contributed by atoms with Gasteiger partial charge in [-0.05, 0) is 42.5 Å². The second-order valence-electron chi connectivity index (χ2n) is 4.49. The zero-order valence-electron chi connectivity index (χ0n) is 9.15. The molecule has 15 heavy (non-hydrogen) atoms. The van der Waals surface area contributed by atoms with E-state index in [1.165, 1.54) is 6.07 Å². The Labute approximate surface area is 94.3 Å². The van der Waals surface area contributed by atoms with Gasteiger partial charge in [0.2, 0.25) is 0 Å². The molecule has 84 valence electrons. The Morgan fingerprint density at radius 2 is 1.93 bits per heavy atom. The van der Waals surface area contributed by atoms with Crippen LogP contribution in [0, 0.1) is 11.6 Å². The van der Waals surface area contributed by atoms with Crippen LogP contribution < -0.4 is 0 Å². The van der Waals surface area contributed by atoms with Crippen molar-refractivity contribution in [2.45, 2.75) is 38.0 Å². The molecular formula is C12H15ClF2. The van der Waals surface area contributed by atoms with E-state index < -0.39 is 11.2 Å². The van der Waals surface area contributed by atoms with Crippen molar-refractivity contribution in [3.8, 4) is 0 Å². The molecule has 0 aromatic heterocycles. The van der Waals surface area contributed by atoms with E-state index >= 15 is 0 Å². The van der Waals surface area contributed by atoms with Crippen molar-refractivity contribution in [3.05, 3.63) is 35.4 Å². The Morgan fingerprint density at radius 3 is 2.47 bits per heavy atom. The van der Waals surface area contributed by atoms with E-state index in [0.29, 0.717) is 12.0 Å². The first-order chi connectivity index (χ1) is 6.83. The zero-order chi connectivity index (χ0) is 11.6. The highest BCUT2D eigenvalue weighted by Crippen LogP contribution is 2.32. The molecule has 0 amide bonds. The summed E-state index contributed by atoms with van der Waals surface area (Å²) in [7, 11) is 0. The molecule has 0 aliphatic carbocycles. The summed E-state index contributed by atoms with van der Waals surface area (Å²) in [4.78, 5) is 0. The second-order valence-corrected chi connectivity index (χ2v) is 5.24. The normalized spacial score (nSPS) is 14.0. The second kappa shape index (κ2) is 4.48. The topological polar surface area (TPSA) is 0 Å². The third-order valence-corrected chi connectivity index (χ3v) is 2.60. The van der Waals surface area contributed by atoms with Gasteiger partial charge in [-0.15, -0.1) is 11.6 Å². The summed E-state index contributed by atoms with van der Waals surface area (Å²) in [6, 6.07) is 3.53. The standard InChI is InChI=1S/C12H15ClF2/c1-8(13)7-12(2,3)10-6-9(14)4-5-11(10)15/h4-6,8H,7H2,1-3H3. The first-order valence-electron chi connectivity index (χ1n) is 4.92. The lowest BCUT2D eigenvalue weighted by molar-refractivity contribution is 0.443. The average Bonchev–Trinajstić information content (AvgIpc) is 2.06. The lowest BCUT2D eigenvalue weighted by atomic mass is 9.80. The summed E-state index contributed by atoms with van der Waals surface area (Å²) in [6.45, 7) is 5.58. The summed E-state index contributed by atoms with van der Waals surface area (Å²) in [5.74, 6) is -0.791. The molecule has 0 nitrogen and oxygen atoms in total. The first kappa shape index (κ1) is 12.4. The molecule has 0 aliphatic rings. The van der Waals surface area contributed by atoms with E-state index in [-0.39, 0.29) is 11.2 Å². The summed E-state index contributed by atoms with van der Waals surface area (Å²) in [6.07, 6.45) is 0.606. The molecule has 1 rings (SSSR count). The Kier molecular flexibility index (Phi) is 3.72. The number of rotatable bonds is 3. The molecule has 3 heteroatoms. The van der Waals surface area contributed by atoms with Crippen LogP contribution in [0.2, 0.25) is 0 Å². The minimum Gasteiger partial charge on any atom is -0.207 e. The van der Waals surface area contributed by atoms with E-state index in [1.54, 1.807) is 0 Å². The third kappa shape index (κ3) is 3.16. The highest BCUT2D eigenvalue weighted by Gasteiger charge is 2.26. The molecule has 0 bridgehead atoms. The van der Waals surface area contributed by atoms with Crippen LogP contribution >= 0.6 is 11.6 Å². The van der Waals surface area contributed by atoms with Crippen LogP contribution in [0.5, 0.6) is 0 Å². The van der Waals surface area contributed by atoms with Crippen LogP contribution in [0.3, 0.4) is 0 Å². The lowest BCUT2D eigenvalue weighted by Gasteiger charge is -2.27. The molecule has 0 spiro atoms. The third-order valence-electron chi connectivity index (χ3n) is 2.45. The minimum atomic E-state index is -0.451. The van der Waals surface area contributed by atoms with Crippen LogP contribution in [0.15, 0.2) is 18.2 Å². The maximum absolute atomic E-state index is 13.5. The molecule has 0 N–H and O–H groups in total. The predicted octanol–water partition coefficient (Wildman–Crippen LogP) is 4.26. The maximum atomic E-state index is 13.5. The van der Waals surface area contributed by atoms with Crippen molar-refractivity contribution < 1.29 is 8.78 Å². The Hall–Kier alpha value is -0.630. The number of benzene rings is 1. The highest BCUT2D eigenvalue weighted by atomic mass is 35.5. The van der Waals surface area contributed by atoms with Crippen LogP contribution in [-0.4, -0.2) is 5.38 Å². The molecular weight excluding hydrogens is 218 g/mol. The molecule has 0 aliphatic heterocycles. The summed E-state index contributed by atoms with van der Waals surface area (Å²) in [5, 5.41) is -0.0670. The van der Waals surface area contributed by atoms with Gasteiger partial charge < -0.3 is 0 Å². The fraction of sp³-hybridized carbons (Fsp3) is 0.500. The summed E-state index contributed by atoms with van der Waals surface area (Å²) in [5.41, 5.74) is -0.0668. The molecule has 0 fully saturated rings. The Morgan fingerprint density at radius 1 is 1.33 bits per heavy atom. The Bertz CT molecular complexity index is 345. The Balaban J connectivity index is 3.08. The van der Waals surface area contributed by atoms with Gasteiger partial charge in [-0.1, -0.05) is 13.8 Å². The summed E-state index contributed by atoms with van der Waals surface area (Å²) < 4.78 is 26.5. The van der Waals surface area contributed by atoms with Crippen LogP contribution in [0.1, 0.15) is 32.8 Å².